The maximum atomic E-state index is 11.8. The smallest absolute Gasteiger partial charge is 0.248 e. The van der Waals surface area contributed by atoms with E-state index >= 15 is 0 Å². The molecule has 0 aromatic heterocycles. The molecule has 144 valence electrons. The van der Waals surface area contributed by atoms with E-state index in [1.165, 1.54) is 19.1 Å². The van der Waals surface area contributed by atoms with Gasteiger partial charge in [0, 0.05) is 5.56 Å². The zero-order valence-corrected chi connectivity index (χ0v) is 15.9. The number of Topliss-reactive ketones (excluding diaryl/α,β-unsaturated/α-hetero) is 1. The van der Waals surface area contributed by atoms with Gasteiger partial charge in [-0.05, 0) is 56.7 Å². The van der Waals surface area contributed by atoms with Crippen LogP contribution in [0.2, 0.25) is 0 Å². The average molecular weight is 371 g/mol. The van der Waals surface area contributed by atoms with E-state index in [4.69, 9.17) is 19.9 Å². The molecule has 0 bridgehead atoms. The van der Waals surface area contributed by atoms with Crippen molar-refractivity contribution < 1.29 is 23.8 Å². The highest BCUT2D eigenvalue weighted by Gasteiger charge is 2.13. The second-order valence-electron chi connectivity index (χ2n) is 6.35. The second kappa shape index (κ2) is 9.85. The van der Waals surface area contributed by atoms with Gasteiger partial charge in [-0.25, -0.2) is 0 Å². The second-order valence-corrected chi connectivity index (χ2v) is 6.35. The molecule has 2 rings (SSSR count). The van der Waals surface area contributed by atoms with Crippen molar-refractivity contribution in [3.63, 3.8) is 0 Å². The van der Waals surface area contributed by atoms with Crippen LogP contribution in [0.5, 0.6) is 11.5 Å². The Morgan fingerprint density at radius 2 is 1.74 bits per heavy atom. The molecule has 27 heavy (non-hydrogen) atoms. The van der Waals surface area contributed by atoms with Gasteiger partial charge in [-0.2, -0.15) is 0 Å². The number of hydrogen-bond acceptors (Lipinski definition) is 5. The lowest BCUT2D eigenvalue weighted by Gasteiger charge is -2.11. The van der Waals surface area contributed by atoms with Gasteiger partial charge in [-0.1, -0.05) is 12.1 Å². The lowest BCUT2D eigenvalue weighted by molar-refractivity contribution is 0.0143. The molecular formula is C21H25NO5. The Morgan fingerprint density at radius 3 is 2.33 bits per heavy atom. The molecule has 0 aliphatic carbocycles. The molecule has 1 amide bonds. The maximum Gasteiger partial charge on any atom is 0.248 e. The summed E-state index contributed by atoms with van der Waals surface area (Å²) in [5.74, 6) is 0.109. The summed E-state index contributed by atoms with van der Waals surface area (Å²) in [5, 5.41) is 0. The van der Waals surface area contributed by atoms with Gasteiger partial charge in [0.1, 0.15) is 11.5 Å². The topological polar surface area (TPSA) is 87.9 Å². The molecule has 0 heterocycles. The Hall–Kier alpha value is -2.70. The predicted molar refractivity (Wildman–Crippen MR) is 102 cm³/mol. The Balaban J connectivity index is 2.00. The van der Waals surface area contributed by atoms with Gasteiger partial charge >= 0.3 is 0 Å². The van der Waals surface area contributed by atoms with Crippen LogP contribution < -0.4 is 10.5 Å². The van der Waals surface area contributed by atoms with Gasteiger partial charge in [0.25, 0.3) is 0 Å². The van der Waals surface area contributed by atoms with Gasteiger partial charge in [0.05, 0.1) is 31.5 Å². The number of nitrogens with two attached hydrogens (primary N) is 1. The minimum Gasteiger partial charge on any atom is -0.457 e. The molecule has 0 atom stereocenters. The minimum absolute atomic E-state index is 0.158. The van der Waals surface area contributed by atoms with Gasteiger partial charge in [0.2, 0.25) is 5.91 Å². The summed E-state index contributed by atoms with van der Waals surface area (Å²) in [6.07, 6.45) is 0.193. The molecule has 2 aromatic carbocycles. The molecule has 0 aliphatic heterocycles. The fourth-order valence-electron chi connectivity index (χ4n) is 2.36. The summed E-state index contributed by atoms with van der Waals surface area (Å²) in [5.41, 5.74) is 6.96. The van der Waals surface area contributed by atoms with Gasteiger partial charge in [-0.3, -0.25) is 9.59 Å². The van der Waals surface area contributed by atoms with Gasteiger partial charge in [-0.15, -0.1) is 0 Å². The van der Waals surface area contributed by atoms with Crippen molar-refractivity contribution in [2.75, 3.05) is 13.2 Å². The summed E-state index contributed by atoms with van der Waals surface area (Å²) < 4.78 is 16.8. The molecule has 6 heteroatoms. The highest BCUT2D eigenvalue weighted by Crippen LogP contribution is 2.27. The molecule has 0 unspecified atom stereocenters. The van der Waals surface area contributed by atoms with Crippen molar-refractivity contribution in [2.45, 2.75) is 33.5 Å². The number of carbonyl (C=O) groups excluding carboxylic acids is 2. The first-order chi connectivity index (χ1) is 12.9. The zero-order chi connectivity index (χ0) is 19.8. The number of benzene rings is 2. The number of hydrogen-bond donors (Lipinski definition) is 1. The SMILES string of the molecule is CC(=O)c1ccc(C(N)=O)cc1Oc1ccc(COCCOC(C)C)cc1. The van der Waals surface area contributed by atoms with Crippen LogP contribution in [0.25, 0.3) is 0 Å². The number of rotatable bonds is 10. The van der Waals surface area contributed by atoms with E-state index in [0.717, 1.165) is 5.56 Å². The van der Waals surface area contributed by atoms with Crippen LogP contribution in [0.3, 0.4) is 0 Å². The fourth-order valence-corrected chi connectivity index (χ4v) is 2.36. The van der Waals surface area contributed by atoms with E-state index in [1.807, 2.05) is 26.0 Å². The Morgan fingerprint density at radius 1 is 1.04 bits per heavy atom. The van der Waals surface area contributed by atoms with E-state index < -0.39 is 5.91 Å². The standard InChI is InChI=1S/C21H25NO5/c1-14(2)26-11-10-25-13-16-4-7-18(8-5-16)27-20-12-17(21(22)24)6-9-19(20)15(3)23/h4-9,12,14H,10-11,13H2,1-3H3,(H2,22,24). The summed E-state index contributed by atoms with van der Waals surface area (Å²) in [6, 6.07) is 11.8. The third-order valence-corrected chi connectivity index (χ3v) is 3.74. The van der Waals surface area contributed by atoms with Crippen LogP contribution in [0, 0.1) is 0 Å². The molecule has 0 radical (unpaired) electrons. The van der Waals surface area contributed by atoms with Crippen LogP contribution in [-0.4, -0.2) is 31.0 Å². The summed E-state index contributed by atoms with van der Waals surface area (Å²) in [6.45, 7) is 6.96. The Bertz CT molecular complexity index is 784. The van der Waals surface area contributed by atoms with Gasteiger partial charge < -0.3 is 19.9 Å². The molecule has 6 nitrogen and oxygen atoms in total. The van der Waals surface area contributed by atoms with E-state index in [1.54, 1.807) is 18.2 Å². The molecule has 0 spiro atoms. The van der Waals surface area contributed by atoms with Gasteiger partial charge in [0.15, 0.2) is 5.78 Å². The fraction of sp³-hybridized carbons (Fsp3) is 0.333. The average Bonchev–Trinajstić information content (AvgIpc) is 2.62. The third-order valence-electron chi connectivity index (χ3n) is 3.74. The van der Waals surface area contributed by atoms with E-state index in [2.05, 4.69) is 0 Å². The van der Waals surface area contributed by atoms with Crippen molar-refractivity contribution in [1.29, 1.82) is 0 Å². The Labute approximate surface area is 159 Å². The molecular weight excluding hydrogens is 346 g/mol. The quantitative estimate of drug-likeness (QED) is 0.508. The number of ether oxygens (including phenoxy) is 3. The van der Waals surface area contributed by atoms with E-state index in [9.17, 15) is 9.59 Å². The number of ketones is 1. The van der Waals surface area contributed by atoms with Crippen LogP contribution in [0.15, 0.2) is 42.5 Å². The largest absolute Gasteiger partial charge is 0.457 e. The number of amides is 1. The lowest BCUT2D eigenvalue weighted by Crippen LogP contribution is -2.11. The van der Waals surface area contributed by atoms with Crippen LogP contribution >= 0.6 is 0 Å². The molecule has 0 saturated carbocycles. The van der Waals surface area contributed by atoms with E-state index in [-0.39, 0.29) is 17.5 Å². The first kappa shape index (κ1) is 20.6. The van der Waals surface area contributed by atoms with Crippen LogP contribution in [0.1, 0.15) is 47.1 Å². The van der Waals surface area contributed by atoms with Crippen LogP contribution in [0.4, 0.5) is 0 Å². The van der Waals surface area contributed by atoms with Crippen LogP contribution in [-0.2, 0) is 16.1 Å². The summed E-state index contributed by atoms with van der Waals surface area (Å²) >= 11 is 0. The number of primary amides is 1. The molecule has 0 fully saturated rings. The first-order valence-electron chi connectivity index (χ1n) is 8.77. The van der Waals surface area contributed by atoms with Crippen molar-refractivity contribution in [3.8, 4) is 11.5 Å². The number of carbonyl (C=O) groups is 2. The minimum atomic E-state index is -0.580. The lowest BCUT2D eigenvalue weighted by atomic mass is 10.1. The first-order valence-corrected chi connectivity index (χ1v) is 8.77. The molecule has 2 N–H and O–H groups in total. The van der Waals surface area contributed by atoms with Crippen molar-refractivity contribution >= 4 is 11.7 Å². The van der Waals surface area contributed by atoms with Crippen molar-refractivity contribution in [3.05, 3.63) is 59.2 Å². The highest BCUT2D eigenvalue weighted by molar-refractivity contribution is 5.99. The highest BCUT2D eigenvalue weighted by atomic mass is 16.5. The Kier molecular flexibility index (Phi) is 7.52. The molecule has 0 saturated heterocycles. The summed E-state index contributed by atoms with van der Waals surface area (Å²) in [4.78, 5) is 23.2. The van der Waals surface area contributed by atoms with Crippen molar-refractivity contribution in [2.24, 2.45) is 5.73 Å². The normalized spacial score (nSPS) is 10.8. The predicted octanol–water partition coefficient (Wildman–Crippen LogP) is 3.72. The van der Waals surface area contributed by atoms with E-state index in [0.29, 0.717) is 36.9 Å². The monoisotopic (exact) mass is 371 g/mol. The molecule has 2 aromatic rings. The zero-order valence-electron chi connectivity index (χ0n) is 15.9. The van der Waals surface area contributed by atoms with Crippen molar-refractivity contribution in [1.82, 2.24) is 0 Å². The molecule has 0 aliphatic rings. The maximum absolute atomic E-state index is 11.8. The summed E-state index contributed by atoms with van der Waals surface area (Å²) in [7, 11) is 0. The third kappa shape index (κ3) is 6.51.